The number of hydrogen-bond acceptors (Lipinski definition) is 4. The summed E-state index contributed by atoms with van der Waals surface area (Å²) in [6.45, 7) is 5.31. The van der Waals surface area contributed by atoms with Crippen LogP contribution < -0.4 is 15.6 Å². The molecule has 0 fully saturated rings. The van der Waals surface area contributed by atoms with E-state index in [1.54, 1.807) is 6.26 Å². The van der Waals surface area contributed by atoms with Crippen LogP contribution in [0.5, 0.6) is 5.75 Å². The molecule has 0 radical (unpaired) electrons. The summed E-state index contributed by atoms with van der Waals surface area (Å²) in [7, 11) is 0. The molecule has 0 saturated carbocycles. The number of benzene rings is 2. The second kappa shape index (κ2) is 9.70. The summed E-state index contributed by atoms with van der Waals surface area (Å²) in [5.41, 5.74) is 3.23. The summed E-state index contributed by atoms with van der Waals surface area (Å²) < 4.78 is 11.0. The highest BCUT2D eigenvalue weighted by Crippen LogP contribution is 2.19. The fourth-order valence-corrected chi connectivity index (χ4v) is 3.79. The number of aromatic nitrogens is 1. The molecule has 0 bridgehead atoms. The number of hydrogen-bond donors (Lipinski definition) is 2. The van der Waals surface area contributed by atoms with Gasteiger partial charge >= 0.3 is 0 Å². The molecule has 0 aliphatic carbocycles. The third-order valence-corrected chi connectivity index (χ3v) is 5.52. The van der Waals surface area contributed by atoms with Crippen molar-refractivity contribution in [3.05, 3.63) is 94.2 Å². The molecule has 0 saturated heterocycles. The Kier molecular flexibility index (Phi) is 6.56. The average molecular weight is 448 g/mol. The van der Waals surface area contributed by atoms with Gasteiger partial charge in [-0.25, -0.2) is 0 Å². The van der Waals surface area contributed by atoms with Gasteiger partial charge in [-0.1, -0.05) is 18.2 Å². The lowest BCUT2D eigenvalue weighted by molar-refractivity contribution is 0.340. The zero-order valence-corrected chi connectivity index (χ0v) is 18.9. The molecule has 2 N–H and O–H groups in total. The van der Waals surface area contributed by atoms with Gasteiger partial charge in [0.1, 0.15) is 11.5 Å². The molecule has 0 amide bonds. The molecule has 2 heterocycles. The van der Waals surface area contributed by atoms with E-state index in [9.17, 15) is 4.79 Å². The molecular weight excluding hydrogens is 422 g/mol. The molecule has 2 aromatic carbocycles. The number of nitrogens with zero attached hydrogens (tertiary/aromatic N) is 1. The van der Waals surface area contributed by atoms with Crippen LogP contribution in [0.4, 0.5) is 5.69 Å². The Morgan fingerprint density at radius 1 is 1.12 bits per heavy atom. The van der Waals surface area contributed by atoms with Crippen molar-refractivity contribution in [1.82, 2.24) is 9.88 Å². The number of pyridine rings is 1. The van der Waals surface area contributed by atoms with Crippen molar-refractivity contribution in [2.45, 2.75) is 26.9 Å². The number of fused-ring (bicyclic) bond motifs is 1. The third-order valence-electron chi connectivity index (χ3n) is 5.16. The van der Waals surface area contributed by atoms with E-state index in [1.165, 1.54) is 0 Å². The molecule has 32 heavy (non-hydrogen) atoms. The van der Waals surface area contributed by atoms with Crippen molar-refractivity contribution < 1.29 is 9.15 Å². The third kappa shape index (κ3) is 5.00. The van der Waals surface area contributed by atoms with Gasteiger partial charge in [0.15, 0.2) is 5.11 Å². The van der Waals surface area contributed by atoms with E-state index in [-0.39, 0.29) is 5.56 Å². The molecule has 0 spiro atoms. The van der Waals surface area contributed by atoms with Crippen LogP contribution in [0.3, 0.4) is 0 Å². The monoisotopic (exact) mass is 447 g/mol. The Bertz CT molecular complexity index is 1260. The Labute approximate surface area is 191 Å². The smallest absolute Gasteiger partial charge is 0.253 e. The second-order valence-electron chi connectivity index (χ2n) is 7.49. The molecule has 0 aliphatic rings. The Morgan fingerprint density at radius 2 is 1.94 bits per heavy atom. The normalized spacial score (nSPS) is 10.8. The topological polar surface area (TPSA) is 70.5 Å². The SMILES string of the molecule is CCOc1ccc(NC(=S)N(Cc2ccco2)Cc2cc3cccc(C)c3[nH]c2=O)cc1. The molecule has 0 aliphatic heterocycles. The van der Waals surface area contributed by atoms with Crippen LogP contribution >= 0.6 is 12.2 Å². The van der Waals surface area contributed by atoms with Crippen molar-refractivity contribution in [2.75, 3.05) is 11.9 Å². The summed E-state index contributed by atoms with van der Waals surface area (Å²) in [4.78, 5) is 17.7. The fourth-order valence-electron chi connectivity index (χ4n) is 3.55. The van der Waals surface area contributed by atoms with E-state index in [0.717, 1.165) is 33.7 Å². The molecule has 0 atom stereocenters. The summed E-state index contributed by atoms with van der Waals surface area (Å²) in [6, 6.07) is 19.2. The van der Waals surface area contributed by atoms with Gasteiger partial charge in [0, 0.05) is 11.3 Å². The number of anilines is 1. The molecule has 4 aromatic rings. The lowest BCUT2D eigenvalue weighted by atomic mass is 10.1. The Balaban J connectivity index is 1.59. The molecule has 0 unspecified atom stereocenters. The number of thiocarbonyl (C=S) groups is 1. The summed E-state index contributed by atoms with van der Waals surface area (Å²) >= 11 is 5.70. The van der Waals surface area contributed by atoms with Crippen molar-refractivity contribution in [1.29, 1.82) is 0 Å². The van der Waals surface area contributed by atoms with E-state index < -0.39 is 0 Å². The van der Waals surface area contributed by atoms with Gasteiger partial charge in [-0.15, -0.1) is 0 Å². The minimum Gasteiger partial charge on any atom is -0.494 e. The fraction of sp³-hybridized carbons (Fsp3) is 0.200. The van der Waals surface area contributed by atoms with E-state index in [0.29, 0.717) is 30.4 Å². The zero-order valence-electron chi connectivity index (χ0n) is 18.1. The van der Waals surface area contributed by atoms with E-state index in [4.69, 9.17) is 21.4 Å². The summed E-state index contributed by atoms with van der Waals surface area (Å²) in [6.07, 6.45) is 1.63. The minimum atomic E-state index is -0.125. The van der Waals surface area contributed by atoms with Crippen LogP contribution in [0.2, 0.25) is 0 Å². The maximum absolute atomic E-state index is 12.8. The molecular formula is C25H25N3O3S. The number of aryl methyl sites for hydroxylation is 1. The number of rotatable bonds is 7. The Hall–Kier alpha value is -3.58. The van der Waals surface area contributed by atoms with Crippen LogP contribution in [0.25, 0.3) is 10.9 Å². The van der Waals surface area contributed by atoms with Crippen LogP contribution in [-0.4, -0.2) is 21.6 Å². The zero-order chi connectivity index (χ0) is 22.5. The maximum Gasteiger partial charge on any atom is 0.253 e. The minimum absolute atomic E-state index is 0.125. The number of para-hydroxylation sites is 1. The van der Waals surface area contributed by atoms with Gasteiger partial charge in [0.05, 0.1) is 31.5 Å². The molecule has 6 nitrogen and oxygen atoms in total. The number of furan rings is 1. The summed E-state index contributed by atoms with van der Waals surface area (Å²) in [5.74, 6) is 1.56. The van der Waals surface area contributed by atoms with Gasteiger partial charge in [-0.05, 0) is 79.5 Å². The number of aromatic amines is 1. The van der Waals surface area contributed by atoms with Crippen LogP contribution in [-0.2, 0) is 13.1 Å². The first-order chi connectivity index (χ1) is 15.5. The van der Waals surface area contributed by atoms with E-state index >= 15 is 0 Å². The van der Waals surface area contributed by atoms with Crippen molar-refractivity contribution in [3.8, 4) is 5.75 Å². The standard InChI is InChI=1S/C25H25N3O3S/c1-3-30-21-11-9-20(10-12-21)26-25(32)28(16-22-8-5-13-31-22)15-19-14-18-7-4-6-17(2)23(18)27-24(19)29/h4-14H,3,15-16H2,1-2H3,(H,26,32)(H,27,29). The van der Waals surface area contributed by atoms with Crippen LogP contribution in [0.1, 0.15) is 23.8 Å². The van der Waals surface area contributed by atoms with Crippen molar-refractivity contribution in [2.24, 2.45) is 0 Å². The number of H-pyrrole nitrogens is 1. The lowest BCUT2D eigenvalue weighted by Gasteiger charge is -2.25. The van der Waals surface area contributed by atoms with Crippen molar-refractivity contribution >= 4 is 33.9 Å². The van der Waals surface area contributed by atoms with Crippen molar-refractivity contribution in [3.63, 3.8) is 0 Å². The Morgan fingerprint density at radius 3 is 2.66 bits per heavy atom. The summed E-state index contributed by atoms with van der Waals surface area (Å²) in [5, 5.41) is 4.74. The van der Waals surface area contributed by atoms with Gasteiger partial charge in [0.2, 0.25) is 0 Å². The predicted molar refractivity (Wildman–Crippen MR) is 131 cm³/mol. The first kappa shape index (κ1) is 21.6. The first-order valence-electron chi connectivity index (χ1n) is 10.5. The maximum atomic E-state index is 12.8. The quantitative estimate of drug-likeness (QED) is 0.378. The molecule has 7 heteroatoms. The molecule has 4 rings (SSSR count). The highest BCUT2D eigenvalue weighted by atomic mass is 32.1. The van der Waals surface area contributed by atoms with E-state index in [2.05, 4.69) is 10.3 Å². The largest absolute Gasteiger partial charge is 0.494 e. The lowest BCUT2D eigenvalue weighted by Crippen LogP contribution is -2.35. The van der Waals surface area contributed by atoms with E-state index in [1.807, 2.05) is 79.4 Å². The highest BCUT2D eigenvalue weighted by molar-refractivity contribution is 7.80. The van der Waals surface area contributed by atoms with Crippen LogP contribution in [0.15, 0.2) is 76.1 Å². The van der Waals surface area contributed by atoms with Gasteiger partial charge in [-0.2, -0.15) is 0 Å². The number of nitrogens with one attached hydrogen (secondary N) is 2. The van der Waals surface area contributed by atoms with Gasteiger partial charge < -0.3 is 24.4 Å². The molecule has 2 aromatic heterocycles. The van der Waals surface area contributed by atoms with Gasteiger partial charge in [-0.3, -0.25) is 4.79 Å². The number of ether oxygens (including phenoxy) is 1. The molecule has 164 valence electrons. The predicted octanol–water partition coefficient (Wildman–Crippen LogP) is 5.23. The highest BCUT2D eigenvalue weighted by Gasteiger charge is 2.16. The first-order valence-corrected chi connectivity index (χ1v) is 10.9. The van der Waals surface area contributed by atoms with Gasteiger partial charge in [0.25, 0.3) is 5.56 Å². The average Bonchev–Trinajstić information content (AvgIpc) is 3.29. The second-order valence-corrected chi connectivity index (χ2v) is 7.87. The van der Waals surface area contributed by atoms with Crippen LogP contribution in [0, 0.1) is 6.92 Å².